The Bertz CT molecular complexity index is 879. The third kappa shape index (κ3) is 3.50. The van der Waals surface area contributed by atoms with Gasteiger partial charge in [0.15, 0.2) is 6.61 Å². The summed E-state index contributed by atoms with van der Waals surface area (Å²) in [6, 6.07) is 5.59. The molecular weight excluding hydrogens is 343 g/mol. The van der Waals surface area contributed by atoms with E-state index in [9.17, 15) is 14.0 Å². The van der Waals surface area contributed by atoms with Crippen molar-refractivity contribution in [3.05, 3.63) is 45.2 Å². The van der Waals surface area contributed by atoms with Gasteiger partial charge in [-0.1, -0.05) is 11.6 Å². The van der Waals surface area contributed by atoms with Crippen molar-refractivity contribution in [2.24, 2.45) is 5.73 Å². The highest BCUT2D eigenvalue weighted by molar-refractivity contribution is 7.21. The standard InChI is InChI=1S/C15H10ClFN2O3S/c1-7(19)10(5-18)11(20)6-22-15(21)14-13(16)9-3-2-8(17)4-12(9)23-14/h2-4H,6,19H2,1H3. The van der Waals surface area contributed by atoms with Gasteiger partial charge < -0.3 is 10.5 Å². The third-order valence-corrected chi connectivity index (χ3v) is 4.53. The van der Waals surface area contributed by atoms with Crippen molar-refractivity contribution in [2.75, 3.05) is 6.61 Å². The maximum Gasteiger partial charge on any atom is 0.350 e. The van der Waals surface area contributed by atoms with Gasteiger partial charge in [0.05, 0.1) is 5.02 Å². The Morgan fingerprint density at radius 3 is 2.78 bits per heavy atom. The Hall–Kier alpha value is -2.43. The lowest BCUT2D eigenvalue weighted by Crippen LogP contribution is -2.17. The largest absolute Gasteiger partial charge is 0.453 e. The van der Waals surface area contributed by atoms with Gasteiger partial charge in [-0.2, -0.15) is 5.26 Å². The van der Waals surface area contributed by atoms with E-state index in [4.69, 9.17) is 27.3 Å². The molecule has 0 amide bonds. The SMILES string of the molecule is CC(N)=C(C#N)C(=O)COC(=O)c1sc2cc(F)ccc2c1Cl. The second-order valence-electron chi connectivity index (χ2n) is 4.55. The number of ketones is 1. The lowest BCUT2D eigenvalue weighted by atomic mass is 10.1. The van der Waals surface area contributed by atoms with Crippen LogP contribution in [0.5, 0.6) is 0 Å². The second-order valence-corrected chi connectivity index (χ2v) is 5.98. The lowest BCUT2D eigenvalue weighted by Gasteiger charge is -2.03. The molecule has 0 fully saturated rings. The van der Waals surface area contributed by atoms with Gasteiger partial charge in [-0.15, -0.1) is 11.3 Å². The number of ether oxygens (including phenoxy) is 1. The molecule has 0 atom stereocenters. The van der Waals surface area contributed by atoms with Crippen LogP contribution in [0.25, 0.3) is 10.1 Å². The molecule has 2 rings (SSSR count). The molecule has 0 aliphatic rings. The van der Waals surface area contributed by atoms with Crippen LogP contribution in [0.2, 0.25) is 5.02 Å². The highest BCUT2D eigenvalue weighted by Crippen LogP contribution is 2.36. The topological polar surface area (TPSA) is 93.2 Å². The molecule has 2 N–H and O–H groups in total. The first-order valence-electron chi connectivity index (χ1n) is 6.29. The number of fused-ring (bicyclic) bond motifs is 1. The summed E-state index contributed by atoms with van der Waals surface area (Å²) in [4.78, 5) is 23.8. The van der Waals surface area contributed by atoms with Gasteiger partial charge >= 0.3 is 5.97 Å². The highest BCUT2D eigenvalue weighted by atomic mass is 35.5. The molecule has 5 nitrogen and oxygen atoms in total. The summed E-state index contributed by atoms with van der Waals surface area (Å²) < 4.78 is 18.5. The summed E-state index contributed by atoms with van der Waals surface area (Å²) >= 11 is 7.04. The van der Waals surface area contributed by atoms with E-state index in [0.717, 1.165) is 11.3 Å². The van der Waals surface area contributed by atoms with Crippen molar-refractivity contribution in [1.82, 2.24) is 0 Å². The zero-order valence-electron chi connectivity index (χ0n) is 11.9. The predicted octanol–water partition coefficient (Wildman–Crippen LogP) is 3.18. The molecule has 0 saturated carbocycles. The molecule has 0 aliphatic carbocycles. The van der Waals surface area contributed by atoms with Crippen molar-refractivity contribution >= 4 is 44.8 Å². The van der Waals surface area contributed by atoms with Gasteiger partial charge in [0, 0.05) is 15.8 Å². The van der Waals surface area contributed by atoms with Crippen molar-refractivity contribution < 1.29 is 18.7 Å². The van der Waals surface area contributed by atoms with E-state index in [1.807, 2.05) is 0 Å². The number of nitrogens with zero attached hydrogens (tertiary/aromatic N) is 1. The number of benzene rings is 1. The van der Waals surface area contributed by atoms with Gasteiger partial charge in [-0.3, -0.25) is 4.79 Å². The number of nitrogens with two attached hydrogens (primary N) is 1. The van der Waals surface area contributed by atoms with Gasteiger partial charge in [0.2, 0.25) is 5.78 Å². The molecule has 1 aromatic heterocycles. The average Bonchev–Trinajstić information content (AvgIpc) is 2.81. The number of hydrogen-bond donors (Lipinski definition) is 1. The van der Waals surface area contributed by atoms with E-state index in [-0.39, 0.29) is 21.2 Å². The molecule has 0 bridgehead atoms. The minimum Gasteiger partial charge on any atom is -0.453 e. The van der Waals surface area contributed by atoms with Gasteiger partial charge in [0.1, 0.15) is 22.3 Å². The van der Waals surface area contributed by atoms with Crippen molar-refractivity contribution in [2.45, 2.75) is 6.92 Å². The molecule has 0 unspecified atom stereocenters. The third-order valence-electron chi connectivity index (χ3n) is 2.90. The van der Waals surface area contributed by atoms with Gasteiger partial charge in [-0.05, 0) is 25.1 Å². The summed E-state index contributed by atoms with van der Waals surface area (Å²) in [5.41, 5.74) is 5.18. The number of nitriles is 1. The number of hydrogen-bond acceptors (Lipinski definition) is 6. The van der Waals surface area contributed by atoms with Gasteiger partial charge in [0.25, 0.3) is 0 Å². The van der Waals surface area contributed by atoms with E-state index in [1.165, 1.54) is 25.1 Å². The highest BCUT2D eigenvalue weighted by Gasteiger charge is 2.21. The summed E-state index contributed by atoms with van der Waals surface area (Å²) in [7, 11) is 0. The zero-order valence-corrected chi connectivity index (χ0v) is 13.4. The van der Waals surface area contributed by atoms with Crippen LogP contribution in [-0.4, -0.2) is 18.4 Å². The average molecular weight is 353 g/mol. The van der Waals surface area contributed by atoms with Crippen molar-refractivity contribution in [3.63, 3.8) is 0 Å². The molecule has 0 saturated heterocycles. The maximum absolute atomic E-state index is 13.2. The second kappa shape index (κ2) is 6.77. The molecule has 0 aliphatic heterocycles. The lowest BCUT2D eigenvalue weighted by molar-refractivity contribution is -0.118. The molecule has 1 heterocycles. The summed E-state index contributed by atoms with van der Waals surface area (Å²) in [6.07, 6.45) is 0. The summed E-state index contributed by atoms with van der Waals surface area (Å²) in [5.74, 6) is -1.98. The van der Waals surface area contributed by atoms with Crippen LogP contribution in [0.4, 0.5) is 4.39 Å². The fourth-order valence-electron chi connectivity index (χ4n) is 1.81. The Morgan fingerprint density at radius 1 is 1.48 bits per heavy atom. The smallest absolute Gasteiger partial charge is 0.350 e. The van der Waals surface area contributed by atoms with Gasteiger partial charge in [-0.25, -0.2) is 9.18 Å². The summed E-state index contributed by atoms with van der Waals surface area (Å²) in [5, 5.41) is 9.46. The van der Waals surface area contributed by atoms with E-state index >= 15 is 0 Å². The van der Waals surface area contributed by atoms with Crippen LogP contribution in [0, 0.1) is 17.1 Å². The molecule has 8 heteroatoms. The first-order chi connectivity index (χ1) is 10.8. The normalized spacial score (nSPS) is 11.7. The first-order valence-corrected chi connectivity index (χ1v) is 7.49. The van der Waals surface area contributed by atoms with E-state index < -0.39 is 24.2 Å². The Morgan fingerprint density at radius 2 is 2.17 bits per heavy atom. The summed E-state index contributed by atoms with van der Waals surface area (Å²) in [6.45, 7) is 0.769. The van der Waals surface area contributed by atoms with Crippen molar-refractivity contribution in [1.29, 1.82) is 5.26 Å². The molecule has 2 aromatic rings. The van der Waals surface area contributed by atoms with Crippen LogP contribution >= 0.6 is 22.9 Å². The van der Waals surface area contributed by atoms with Crippen LogP contribution in [0.3, 0.4) is 0 Å². The van der Waals surface area contributed by atoms with Crippen molar-refractivity contribution in [3.8, 4) is 6.07 Å². The fraction of sp³-hybridized carbons (Fsp3) is 0.133. The molecule has 0 spiro atoms. The number of thiophene rings is 1. The van der Waals surface area contributed by atoms with E-state index in [0.29, 0.717) is 10.1 Å². The molecular formula is C15H10ClFN2O3S. The number of halogens is 2. The number of esters is 1. The van der Waals surface area contributed by atoms with E-state index in [1.54, 1.807) is 6.07 Å². The fourth-order valence-corrected chi connectivity index (χ4v) is 3.24. The number of carbonyl (C=O) groups is 2. The Balaban J connectivity index is 2.19. The van der Waals surface area contributed by atoms with Crippen LogP contribution in [-0.2, 0) is 9.53 Å². The maximum atomic E-state index is 13.2. The molecule has 23 heavy (non-hydrogen) atoms. The number of rotatable bonds is 4. The number of allylic oxidation sites excluding steroid dienone is 1. The number of Topliss-reactive ketones (excluding diaryl/α,β-unsaturated/α-hetero) is 1. The molecule has 118 valence electrons. The van der Waals surface area contributed by atoms with Crippen LogP contribution in [0.15, 0.2) is 29.5 Å². The first kappa shape index (κ1) is 16.9. The van der Waals surface area contributed by atoms with E-state index in [2.05, 4.69) is 0 Å². The quantitative estimate of drug-likeness (QED) is 0.518. The monoisotopic (exact) mass is 352 g/mol. The molecule has 0 radical (unpaired) electrons. The Labute approximate surface area is 139 Å². The number of carbonyl (C=O) groups excluding carboxylic acids is 2. The minimum absolute atomic E-state index is 0.0453. The van der Waals surface area contributed by atoms with Crippen LogP contribution in [0.1, 0.15) is 16.6 Å². The van der Waals surface area contributed by atoms with Crippen LogP contribution < -0.4 is 5.73 Å². The minimum atomic E-state index is -0.822. The molecule has 1 aromatic carbocycles. The Kier molecular flexibility index (Phi) is 4.98. The zero-order chi connectivity index (χ0) is 17.1. The predicted molar refractivity (Wildman–Crippen MR) is 84.6 cm³/mol.